The van der Waals surface area contributed by atoms with Crippen LogP contribution >= 0.6 is 11.8 Å². The second-order valence-electron chi connectivity index (χ2n) is 4.24. The highest BCUT2D eigenvalue weighted by Gasteiger charge is 2.07. The van der Waals surface area contributed by atoms with E-state index in [-0.39, 0.29) is 5.82 Å². The molecule has 0 amide bonds. The van der Waals surface area contributed by atoms with Crippen molar-refractivity contribution in [2.24, 2.45) is 0 Å². The quantitative estimate of drug-likeness (QED) is 0.408. The number of benzene rings is 1. The first-order chi connectivity index (χ1) is 8.76. The maximum atomic E-state index is 12.8. The molecule has 1 unspecified atom stereocenters. The van der Waals surface area contributed by atoms with E-state index in [1.54, 1.807) is 11.8 Å². The molecule has 1 nitrogen and oxygen atoms in total. The van der Waals surface area contributed by atoms with E-state index in [1.165, 1.54) is 18.6 Å². The topological polar surface area (TPSA) is 12.0 Å². The summed E-state index contributed by atoms with van der Waals surface area (Å²) in [6.07, 6.45) is 5.37. The predicted octanol–water partition coefficient (Wildman–Crippen LogP) is 4.25. The molecule has 0 saturated heterocycles. The lowest BCUT2D eigenvalue weighted by molar-refractivity contribution is 0.521. The summed E-state index contributed by atoms with van der Waals surface area (Å²) in [4.78, 5) is 1.13. The van der Waals surface area contributed by atoms with E-state index in [1.807, 2.05) is 18.2 Å². The van der Waals surface area contributed by atoms with Gasteiger partial charge in [-0.1, -0.05) is 13.0 Å². The molecule has 0 aliphatic heterocycles. The van der Waals surface area contributed by atoms with Crippen molar-refractivity contribution in [1.29, 1.82) is 0 Å². The van der Waals surface area contributed by atoms with Gasteiger partial charge in [-0.05, 0) is 50.1 Å². The third-order valence-corrected chi connectivity index (χ3v) is 3.89. The van der Waals surface area contributed by atoms with E-state index in [2.05, 4.69) is 18.8 Å². The van der Waals surface area contributed by atoms with Crippen molar-refractivity contribution in [3.8, 4) is 0 Å². The zero-order valence-corrected chi connectivity index (χ0v) is 11.8. The molecule has 0 aliphatic carbocycles. The Labute approximate surface area is 114 Å². The SMILES string of the molecule is C=CCCCC(CSc1ccc(F)cc1)NCC. The Morgan fingerprint density at radius 3 is 2.72 bits per heavy atom. The van der Waals surface area contributed by atoms with Crippen molar-refractivity contribution in [2.75, 3.05) is 12.3 Å². The predicted molar refractivity (Wildman–Crippen MR) is 78.6 cm³/mol. The molecule has 0 bridgehead atoms. The van der Waals surface area contributed by atoms with Crippen molar-refractivity contribution >= 4 is 11.8 Å². The second kappa shape index (κ2) is 9.17. The van der Waals surface area contributed by atoms with E-state index in [0.717, 1.165) is 30.0 Å². The molecule has 100 valence electrons. The molecule has 0 radical (unpaired) electrons. The number of rotatable bonds is 9. The maximum Gasteiger partial charge on any atom is 0.123 e. The Hall–Kier alpha value is -0.800. The van der Waals surface area contributed by atoms with Crippen molar-refractivity contribution in [3.63, 3.8) is 0 Å². The number of allylic oxidation sites excluding steroid dienone is 1. The third kappa shape index (κ3) is 6.22. The molecule has 1 aromatic carbocycles. The second-order valence-corrected chi connectivity index (χ2v) is 5.33. The van der Waals surface area contributed by atoms with Gasteiger partial charge in [0.1, 0.15) is 5.82 Å². The van der Waals surface area contributed by atoms with Crippen molar-refractivity contribution in [1.82, 2.24) is 5.32 Å². The number of unbranched alkanes of at least 4 members (excludes halogenated alkanes) is 1. The van der Waals surface area contributed by atoms with Crippen LogP contribution < -0.4 is 5.32 Å². The van der Waals surface area contributed by atoms with Crippen LogP contribution in [0.25, 0.3) is 0 Å². The first-order valence-corrected chi connectivity index (χ1v) is 7.47. The molecule has 3 heteroatoms. The molecule has 0 spiro atoms. The van der Waals surface area contributed by atoms with Crippen LogP contribution in [-0.4, -0.2) is 18.3 Å². The van der Waals surface area contributed by atoms with Crippen LogP contribution in [0.1, 0.15) is 26.2 Å². The molecule has 1 N–H and O–H groups in total. The first kappa shape index (κ1) is 15.3. The van der Waals surface area contributed by atoms with Crippen molar-refractivity contribution < 1.29 is 4.39 Å². The summed E-state index contributed by atoms with van der Waals surface area (Å²) in [5.74, 6) is 0.852. The lowest BCUT2D eigenvalue weighted by Crippen LogP contribution is -2.31. The van der Waals surface area contributed by atoms with Gasteiger partial charge in [0.2, 0.25) is 0 Å². The van der Waals surface area contributed by atoms with Gasteiger partial charge in [0, 0.05) is 16.7 Å². The Morgan fingerprint density at radius 2 is 2.11 bits per heavy atom. The highest BCUT2D eigenvalue weighted by Crippen LogP contribution is 2.20. The number of thioether (sulfide) groups is 1. The Balaban J connectivity index is 2.35. The number of hydrogen-bond donors (Lipinski definition) is 1. The first-order valence-electron chi connectivity index (χ1n) is 6.49. The van der Waals surface area contributed by atoms with Crippen LogP contribution in [-0.2, 0) is 0 Å². The Bertz CT molecular complexity index is 337. The third-order valence-electron chi connectivity index (χ3n) is 2.72. The molecule has 0 heterocycles. The van der Waals surface area contributed by atoms with E-state index in [9.17, 15) is 4.39 Å². The molecule has 0 aliphatic rings. The minimum absolute atomic E-state index is 0.173. The monoisotopic (exact) mass is 267 g/mol. The molecule has 0 fully saturated rings. The molecular formula is C15H22FNS. The minimum atomic E-state index is -0.173. The van der Waals surface area contributed by atoms with Crippen molar-refractivity contribution in [2.45, 2.75) is 37.1 Å². The van der Waals surface area contributed by atoms with Gasteiger partial charge in [0.05, 0.1) is 0 Å². The van der Waals surface area contributed by atoms with E-state index < -0.39 is 0 Å². The van der Waals surface area contributed by atoms with Crippen molar-refractivity contribution in [3.05, 3.63) is 42.7 Å². The normalized spacial score (nSPS) is 12.3. The number of halogens is 1. The molecule has 0 aromatic heterocycles. The fraction of sp³-hybridized carbons (Fsp3) is 0.467. The lowest BCUT2D eigenvalue weighted by Gasteiger charge is -2.17. The van der Waals surface area contributed by atoms with Crippen LogP contribution in [0, 0.1) is 5.82 Å². The molecule has 1 atom stereocenters. The average Bonchev–Trinajstić information content (AvgIpc) is 2.38. The largest absolute Gasteiger partial charge is 0.313 e. The van der Waals surface area contributed by atoms with Gasteiger partial charge in [-0.2, -0.15) is 0 Å². The van der Waals surface area contributed by atoms with Gasteiger partial charge in [0.25, 0.3) is 0 Å². The summed E-state index contributed by atoms with van der Waals surface area (Å²) < 4.78 is 12.8. The van der Waals surface area contributed by atoms with Crippen LogP contribution in [0.4, 0.5) is 4.39 Å². The number of hydrogen-bond acceptors (Lipinski definition) is 2. The fourth-order valence-electron chi connectivity index (χ4n) is 1.77. The van der Waals surface area contributed by atoms with Crippen LogP contribution in [0.5, 0.6) is 0 Å². The summed E-state index contributed by atoms with van der Waals surface area (Å²) in [5.41, 5.74) is 0. The zero-order valence-electron chi connectivity index (χ0n) is 11.0. The maximum absolute atomic E-state index is 12.8. The van der Waals surface area contributed by atoms with Gasteiger partial charge >= 0.3 is 0 Å². The summed E-state index contributed by atoms with van der Waals surface area (Å²) in [5, 5.41) is 3.49. The minimum Gasteiger partial charge on any atom is -0.313 e. The van der Waals surface area contributed by atoms with Crippen LogP contribution in [0.2, 0.25) is 0 Å². The lowest BCUT2D eigenvalue weighted by atomic mass is 10.1. The summed E-state index contributed by atoms with van der Waals surface area (Å²) in [6.45, 7) is 6.86. The highest BCUT2D eigenvalue weighted by atomic mass is 32.2. The standard InChI is InChI=1S/C15H22FNS/c1-3-5-6-7-14(17-4-2)12-18-15-10-8-13(16)9-11-15/h3,8-11,14,17H,1,4-7,12H2,2H3. The van der Waals surface area contributed by atoms with E-state index in [0.29, 0.717) is 6.04 Å². The average molecular weight is 267 g/mol. The fourth-order valence-corrected chi connectivity index (χ4v) is 2.78. The van der Waals surface area contributed by atoms with Gasteiger partial charge in [-0.15, -0.1) is 18.3 Å². The van der Waals surface area contributed by atoms with Gasteiger partial charge in [-0.25, -0.2) is 4.39 Å². The van der Waals surface area contributed by atoms with Crippen LogP contribution in [0.15, 0.2) is 41.8 Å². The highest BCUT2D eigenvalue weighted by molar-refractivity contribution is 7.99. The van der Waals surface area contributed by atoms with Gasteiger partial charge < -0.3 is 5.32 Å². The summed E-state index contributed by atoms with van der Waals surface area (Å²) in [7, 11) is 0. The molecular weight excluding hydrogens is 245 g/mol. The van der Waals surface area contributed by atoms with E-state index in [4.69, 9.17) is 0 Å². The summed E-state index contributed by atoms with van der Waals surface area (Å²) >= 11 is 1.78. The smallest absolute Gasteiger partial charge is 0.123 e. The number of nitrogens with one attached hydrogen (secondary N) is 1. The van der Waals surface area contributed by atoms with Crippen LogP contribution in [0.3, 0.4) is 0 Å². The Kier molecular flexibility index (Phi) is 7.78. The van der Waals surface area contributed by atoms with Gasteiger partial charge in [0.15, 0.2) is 0 Å². The summed E-state index contributed by atoms with van der Waals surface area (Å²) in [6, 6.07) is 7.23. The van der Waals surface area contributed by atoms with Gasteiger partial charge in [-0.3, -0.25) is 0 Å². The Morgan fingerprint density at radius 1 is 1.39 bits per heavy atom. The molecule has 1 rings (SSSR count). The molecule has 1 aromatic rings. The molecule has 0 saturated carbocycles. The molecule has 18 heavy (non-hydrogen) atoms. The zero-order chi connectivity index (χ0) is 13.2. The van der Waals surface area contributed by atoms with E-state index >= 15 is 0 Å².